The second kappa shape index (κ2) is 9.97. The number of fused-ring (bicyclic) bond motifs is 1. The molecule has 5 nitrogen and oxygen atoms in total. The first kappa shape index (κ1) is 19.2. The van der Waals surface area contributed by atoms with Crippen molar-refractivity contribution in [2.24, 2.45) is 0 Å². The summed E-state index contributed by atoms with van der Waals surface area (Å²) in [6.45, 7) is 2.80. The molecule has 138 valence electrons. The fourth-order valence-corrected chi connectivity index (χ4v) is 2.90. The van der Waals surface area contributed by atoms with Gasteiger partial charge in [0.1, 0.15) is 0 Å². The Kier molecular flexibility index (Phi) is 7.64. The SMILES string of the molecule is CCCCCCCCCCOc1cccc2c(OC)c(O)c(=O)oc12. The summed E-state index contributed by atoms with van der Waals surface area (Å²) in [5.74, 6) is 0.0925. The second-order valence-corrected chi connectivity index (χ2v) is 6.23. The van der Waals surface area contributed by atoms with Gasteiger partial charge in [-0.2, -0.15) is 0 Å². The molecule has 2 rings (SSSR count). The molecule has 25 heavy (non-hydrogen) atoms. The van der Waals surface area contributed by atoms with Crippen molar-refractivity contribution in [3.63, 3.8) is 0 Å². The molecule has 1 N–H and O–H groups in total. The summed E-state index contributed by atoms with van der Waals surface area (Å²) >= 11 is 0. The number of rotatable bonds is 11. The van der Waals surface area contributed by atoms with Crippen LogP contribution in [-0.4, -0.2) is 18.8 Å². The van der Waals surface area contributed by atoms with Crippen LogP contribution in [0.5, 0.6) is 17.2 Å². The zero-order valence-corrected chi connectivity index (χ0v) is 15.2. The lowest BCUT2D eigenvalue weighted by Crippen LogP contribution is -2.03. The van der Waals surface area contributed by atoms with E-state index in [4.69, 9.17) is 13.9 Å². The summed E-state index contributed by atoms with van der Waals surface area (Å²) in [7, 11) is 1.40. The zero-order valence-electron chi connectivity index (χ0n) is 15.2. The summed E-state index contributed by atoms with van der Waals surface area (Å²) in [4.78, 5) is 11.7. The van der Waals surface area contributed by atoms with Gasteiger partial charge >= 0.3 is 5.63 Å². The van der Waals surface area contributed by atoms with E-state index in [-0.39, 0.29) is 5.75 Å². The Labute approximate surface area is 148 Å². The van der Waals surface area contributed by atoms with Crippen molar-refractivity contribution < 1.29 is 19.0 Å². The van der Waals surface area contributed by atoms with E-state index in [0.717, 1.165) is 12.8 Å². The molecule has 0 atom stereocenters. The smallest absolute Gasteiger partial charge is 0.382 e. The maximum atomic E-state index is 11.7. The molecule has 0 saturated carbocycles. The molecule has 1 heterocycles. The van der Waals surface area contributed by atoms with E-state index in [2.05, 4.69) is 6.92 Å². The molecule has 0 fully saturated rings. The third kappa shape index (κ3) is 5.15. The number of ether oxygens (including phenoxy) is 2. The van der Waals surface area contributed by atoms with Gasteiger partial charge in [-0.05, 0) is 18.6 Å². The Morgan fingerprint density at radius 1 is 1.04 bits per heavy atom. The Morgan fingerprint density at radius 2 is 1.72 bits per heavy atom. The van der Waals surface area contributed by atoms with E-state index < -0.39 is 11.4 Å². The monoisotopic (exact) mass is 348 g/mol. The zero-order chi connectivity index (χ0) is 18.1. The van der Waals surface area contributed by atoms with Crippen molar-refractivity contribution >= 4 is 11.0 Å². The van der Waals surface area contributed by atoms with Gasteiger partial charge in [0.25, 0.3) is 0 Å². The van der Waals surface area contributed by atoms with Gasteiger partial charge in [0, 0.05) is 0 Å². The summed E-state index contributed by atoms with van der Waals surface area (Å²) < 4.78 is 16.1. The van der Waals surface area contributed by atoms with Gasteiger partial charge in [-0.25, -0.2) is 4.79 Å². The minimum absolute atomic E-state index is 0.115. The molecule has 0 spiro atoms. The number of aromatic hydroxyl groups is 1. The quantitative estimate of drug-likeness (QED) is 0.456. The first-order valence-corrected chi connectivity index (χ1v) is 9.14. The van der Waals surface area contributed by atoms with Gasteiger partial charge in [-0.1, -0.05) is 57.9 Å². The molecule has 0 bridgehead atoms. The van der Waals surface area contributed by atoms with Crippen LogP contribution in [0, 0.1) is 0 Å². The van der Waals surface area contributed by atoms with Crippen LogP contribution in [0.1, 0.15) is 58.3 Å². The van der Waals surface area contributed by atoms with Gasteiger partial charge in [-0.15, -0.1) is 0 Å². The molecule has 0 saturated heterocycles. The summed E-state index contributed by atoms with van der Waals surface area (Å²) in [6, 6.07) is 5.26. The van der Waals surface area contributed by atoms with Crippen LogP contribution in [-0.2, 0) is 0 Å². The minimum Gasteiger partial charge on any atom is -0.499 e. The standard InChI is InChI=1S/C20H28O5/c1-3-4-5-6-7-8-9-10-14-24-16-13-11-12-15-18(16)25-20(22)17(21)19(15)23-2/h11-13,21H,3-10,14H2,1-2H3. The first-order chi connectivity index (χ1) is 12.2. The number of methoxy groups -OCH3 is 1. The summed E-state index contributed by atoms with van der Waals surface area (Å²) in [5.41, 5.74) is -0.519. The van der Waals surface area contributed by atoms with Gasteiger partial charge in [0.15, 0.2) is 17.1 Å². The molecular formula is C20H28O5. The van der Waals surface area contributed by atoms with Crippen LogP contribution in [0.2, 0.25) is 0 Å². The van der Waals surface area contributed by atoms with Gasteiger partial charge in [-0.3, -0.25) is 0 Å². The Balaban J connectivity index is 1.89. The van der Waals surface area contributed by atoms with Crippen molar-refractivity contribution in [2.45, 2.75) is 58.3 Å². The highest BCUT2D eigenvalue weighted by Crippen LogP contribution is 2.35. The van der Waals surface area contributed by atoms with Crippen LogP contribution in [0.3, 0.4) is 0 Å². The summed E-state index contributed by atoms with van der Waals surface area (Å²) in [5, 5.41) is 10.3. The van der Waals surface area contributed by atoms with Crippen LogP contribution in [0.15, 0.2) is 27.4 Å². The van der Waals surface area contributed by atoms with Crippen LogP contribution in [0.4, 0.5) is 0 Å². The third-order valence-corrected chi connectivity index (χ3v) is 4.29. The fraction of sp³-hybridized carbons (Fsp3) is 0.550. The normalized spacial score (nSPS) is 11.0. The number of unbranched alkanes of at least 4 members (excludes halogenated alkanes) is 7. The van der Waals surface area contributed by atoms with E-state index in [1.807, 2.05) is 0 Å². The van der Waals surface area contributed by atoms with Crippen LogP contribution < -0.4 is 15.1 Å². The Hall–Kier alpha value is -2.17. The van der Waals surface area contributed by atoms with Crippen molar-refractivity contribution in [1.82, 2.24) is 0 Å². The minimum atomic E-state index is -0.826. The molecule has 1 aromatic heterocycles. The topological polar surface area (TPSA) is 68.9 Å². The summed E-state index contributed by atoms with van der Waals surface area (Å²) in [6.07, 6.45) is 9.84. The highest BCUT2D eigenvalue weighted by atomic mass is 16.5. The van der Waals surface area contributed by atoms with Crippen molar-refractivity contribution in [3.05, 3.63) is 28.6 Å². The number of hydrogen-bond donors (Lipinski definition) is 1. The number of hydrogen-bond acceptors (Lipinski definition) is 5. The molecule has 1 aromatic carbocycles. The average molecular weight is 348 g/mol. The van der Waals surface area contributed by atoms with E-state index in [1.165, 1.54) is 45.6 Å². The van der Waals surface area contributed by atoms with E-state index in [0.29, 0.717) is 23.3 Å². The Bertz CT molecular complexity index is 720. The largest absolute Gasteiger partial charge is 0.499 e. The molecule has 5 heteroatoms. The lowest BCUT2D eigenvalue weighted by atomic mass is 10.1. The molecular weight excluding hydrogens is 320 g/mol. The average Bonchev–Trinajstić information content (AvgIpc) is 2.62. The maximum absolute atomic E-state index is 11.7. The van der Waals surface area contributed by atoms with Crippen molar-refractivity contribution in [1.29, 1.82) is 0 Å². The third-order valence-electron chi connectivity index (χ3n) is 4.29. The van der Waals surface area contributed by atoms with Crippen LogP contribution in [0.25, 0.3) is 11.0 Å². The van der Waals surface area contributed by atoms with Gasteiger partial charge in [0.05, 0.1) is 19.1 Å². The van der Waals surface area contributed by atoms with Crippen molar-refractivity contribution in [3.8, 4) is 17.2 Å². The predicted molar refractivity (Wildman–Crippen MR) is 98.8 cm³/mol. The highest BCUT2D eigenvalue weighted by molar-refractivity contribution is 5.89. The van der Waals surface area contributed by atoms with E-state index >= 15 is 0 Å². The van der Waals surface area contributed by atoms with Gasteiger partial charge < -0.3 is 19.0 Å². The number of para-hydroxylation sites is 1. The Morgan fingerprint density at radius 3 is 2.40 bits per heavy atom. The van der Waals surface area contributed by atoms with Crippen molar-refractivity contribution in [2.75, 3.05) is 13.7 Å². The predicted octanol–water partition coefficient (Wildman–Crippen LogP) is 5.03. The van der Waals surface area contributed by atoms with Gasteiger partial charge in [0.2, 0.25) is 5.75 Å². The lowest BCUT2D eigenvalue weighted by molar-refractivity contribution is 0.300. The number of benzene rings is 1. The lowest BCUT2D eigenvalue weighted by Gasteiger charge is -2.10. The molecule has 2 aromatic rings. The molecule has 0 radical (unpaired) electrons. The molecule has 0 aliphatic heterocycles. The highest BCUT2D eigenvalue weighted by Gasteiger charge is 2.17. The van der Waals surface area contributed by atoms with E-state index in [1.54, 1.807) is 18.2 Å². The first-order valence-electron chi connectivity index (χ1n) is 9.14. The molecule has 0 aliphatic rings. The molecule has 0 unspecified atom stereocenters. The molecule has 0 aliphatic carbocycles. The molecule has 0 amide bonds. The fourth-order valence-electron chi connectivity index (χ4n) is 2.90. The second-order valence-electron chi connectivity index (χ2n) is 6.23. The van der Waals surface area contributed by atoms with E-state index in [9.17, 15) is 9.90 Å². The maximum Gasteiger partial charge on any atom is 0.382 e. The van der Waals surface area contributed by atoms with Crippen LogP contribution >= 0.6 is 0 Å².